The zero-order valence-electron chi connectivity index (χ0n) is 14.9. The van der Waals surface area contributed by atoms with Crippen molar-refractivity contribution >= 4 is 51.0 Å². The van der Waals surface area contributed by atoms with Crippen LogP contribution in [0.25, 0.3) is 10.2 Å². The molecular weight excluding hydrogens is 372 g/mol. The minimum absolute atomic E-state index is 0.0224. The van der Waals surface area contributed by atoms with E-state index in [2.05, 4.69) is 10.3 Å². The van der Waals surface area contributed by atoms with Crippen molar-refractivity contribution in [1.82, 2.24) is 15.2 Å². The Hall–Kier alpha value is -2.00. The molecule has 2 amide bonds. The van der Waals surface area contributed by atoms with E-state index in [4.69, 9.17) is 10.5 Å². The summed E-state index contributed by atoms with van der Waals surface area (Å²) in [5.41, 5.74) is 6.85. The van der Waals surface area contributed by atoms with Crippen LogP contribution in [0.4, 0.5) is 10.5 Å². The number of rotatable bonds is 4. The monoisotopic (exact) mass is 394 g/mol. The lowest BCUT2D eigenvalue weighted by Gasteiger charge is -2.39. The molecule has 0 radical (unpaired) electrons. The van der Waals surface area contributed by atoms with Crippen molar-refractivity contribution in [2.75, 3.05) is 24.6 Å². The van der Waals surface area contributed by atoms with Crippen LogP contribution in [-0.2, 0) is 9.53 Å². The summed E-state index contributed by atoms with van der Waals surface area (Å²) in [7, 11) is 0. The number of benzene rings is 1. The van der Waals surface area contributed by atoms with E-state index in [1.54, 1.807) is 4.90 Å². The smallest absolute Gasteiger partial charge is 0.410 e. The molecule has 140 valence electrons. The number of hydrogen-bond donors (Lipinski definition) is 2. The van der Waals surface area contributed by atoms with Crippen LogP contribution in [0.15, 0.2) is 22.5 Å². The second kappa shape index (κ2) is 7.32. The first-order chi connectivity index (χ1) is 12.2. The largest absolute Gasteiger partial charge is 0.444 e. The second-order valence-electron chi connectivity index (χ2n) is 7.15. The number of thioether (sulfide) groups is 1. The fraction of sp³-hybridized carbons (Fsp3) is 0.471. The Labute approximate surface area is 160 Å². The van der Waals surface area contributed by atoms with E-state index < -0.39 is 5.60 Å². The van der Waals surface area contributed by atoms with Gasteiger partial charge in [-0.25, -0.2) is 9.78 Å². The molecule has 9 heteroatoms. The maximum absolute atomic E-state index is 12.1. The molecule has 0 bridgehead atoms. The van der Waals surface area contributed by atoms with Gasteiger partial charge in [-0.3, -0.25) is 4.79 Å². The maximum atomic E-state index is 12.1. The van der Waals surface area contributed by atoms with Crippen LogP contribution >= 0.6 is 23.1 Å². The number of anilines is 1. The summed E-state index contributed by atoms with van der Waals surface area (Å²) in [6.07, 6.45) is -0.342. The highest BCUT2D eigenvalue weighted by Crippen LogP contribution is 2.30. The summed E-state index contributed by atoms with van der Waals surface area (Å²) < 4.78 is 7.14. The van der Waals surface area contributed by atoms with Crippen LogP contribution in [0.2, 0.25) is 0 Å². The number of hydrogen-bond acceptors (Lipinski definition) is 7. The van der Waals surface area contributed by atoms with Crippen LogP contribution in [0.5, 0.6) is 0 Å². The third kappa shape index (κ3) is 4.79. The highest BCUT2D eigenvalue weighted by Gasteiger charge is 2.34. The van der Waals surface area contributed by atoms with E-state index >= 15 is 0 Å². The molecule has 1 aliphatic rings. The van der Waals surface area contributed by atoms with Crippen molar-refractivity contribution in [2.45, 2.75) is 36.8 Å². The number of carbonyl (C=O) groups is 2. The topological polar surface area (TPSA) is 97.5 Å². The SMILES string of the molecule is CC(C)(C)OC(=O)N1CC(NC(=O)CSc2nc3ccc(N)cc3s2)C1. The molecule has 0 spiro atoms. The van der Waals surface area contributed by atoms with E-state index in [1.807, 2.05) is 39.0 Å². The average Bonchev–Trinajstić information content (AvgIpc) is 2.88. The number of nitrogens with two attached hydrogens (primary N) is 1. The third-order valence-electron chi connectivity index (χ3n) is 3.62. The average molecular weight is 395 g/mol. The van der Waals surface area contributed by atoms with Crippen molar-refractivity contribution in [3.05, 3.63) is 18.2 Å². The summed E-state index contributed by atoms with van der Waals surface area (Å²) in [6, 6.07) is 5.56. The van der Waals surface area contributed by atoms with E-state index in [0.717, 1.165) is 14.6 Å². The number of ether oxygens (including phenoxy) is 1. The molecule has 3 rings (SSSR count). The predicted molar refractivity (Wildman–Crippen MR) is 104 cm³/mol. The van der Waals surface area contributed by atoms with Crippen LogP contribution in [0.3, 0.4) is 0 Å². The van der Waals surface area contributed by atoms with Crippen molar-refractivity contribution in [1.29, 1.82) is 0 Å². The summed E-state index contributed by atoms with van der Waals surface area (Å²) in [6.45, 7) is 6.45. The van der Waals surface area contributed by atoms with Gasteiger partial charge in [0.1, 0.15) is 5.60 Å². The molecule has 1 aromatic heterocycles. The molecule has 0 atom stereocenters. The number of aromatic nitrogens is 1. The Morgan fingerprint density at radius 1 is 1.42 bits per heavy atom. The Balaban J connectivity index is 1.42. The number of thiazole rings is 1. The lowest BCUT2D eigenvalue weighted by molar-refractivity contribution is -0.120. The third-order valence-corrected chi connectivity index (χ3v) is 5.78. The molecule has 1 fully saturated rings. The molecule has 1 aliphatic heterocycles. The summed E-state index contributed by atoms with van der Waals surface area (Å²) in [5.74, 6) is 0.223. The number of nitrogen functional groups attached to an aromatic ring is 1. The highest BCUT2D eigenvalue weighted by molar-refractivity contribution is 8.01. The van der Waals surface area contributed by atoms with Gasteiger partial charge in [0.25, 0.3) is 0 Å². The minimum atomic E-state index is -0.510. The molecule has 2 aromatic rings. The number of amides is 2. The fourth-order valence-electron chi connectivity index (χ4n) is 2.42. The van der Waals surface area contributed by atoms with Gasteiger partial charge in [-0.2, -0.15) is 0 Å². The Morgan fingerprint density at radius 3 is 2.85 bits per heavy atom. The molecule has 0 aliphatic carbocycles. The van der Waals surface area contributed by atoms with Gasteiger partial charge < -0.3 is 20.7 Å². The van der Waals surface area contributed by atoms with Gasteiger partial charge in [-0.15, -0.1) is 11.3 Å². The van der Waals surface area contributed by atoms with Gasteiger partial charge in [0.15, 0.2) is 4.34 Å². The van der Waals surface area contributed by atoms with Gasteiger partial charge in [0.2, 0.25) is 5.91 Å². The van der Waals surface area contributed by atoms with Crippen molar-refractivity contribution < 1.29 is 14.3 Å². The lowest BCUT2D eigenvalue weighted by atomic mass is 10.1. The Bertz CT molecular complexity index is 825. The zero-order valence-corrected chi connectivity index (χ0v) is 16.6. The number of nitrogens with one attached hydrogen (secondary N) is 1. The normalized spacial score (nSPS) is 15.0. The van der Waals surface area contributed by atoms with Crippen LogP contribution in [0.1, 0.15) is 20.8 Å². The molecule has 1 saturated heterocycles. The first kappa shape index (κ1) is 18.8. The summed E-state index contributed by atoms with van der Waals surface area (Å²) in [4.78, 5) is 30.0. The maximum Gasteiger partial charge on any atom is 0.410 e. The molecule has 26 heavy (non-hydrogen) atoms. The van der Waals surface area contributed by atoms with E-state index in [1.165, 1.54) is 23.1 Å². The first-order valence-corrected chi connectivity index (χ1v) is 10.1. The molecule has 2 heterocycles. The number of carbonyl (C=O) groups excluding carboxylic acids is 2. The highest BCUT2D eigenvalue weighted by atomic mass is 32.2. The zero-order chi connectivity index (χ0) is 18.9. The molecule has 7 nitrogen and oxygen atoms in total. The lowest BCUT2D eigenvalue weighted by Crippen LogP contribution is -2.61. The molecular formula is C17H22N4O3S2. The standard InChI is InChI=1S/C17H22N4O3S2/c1-17(2,3)24-16(23)21-7-11(8-21)19-14(22)9-25-15-20-12-5-4-10(18)6-13(12)26-15/h4-6,11H,7-9,18H2,1-3H3,(H,19,22). The molecule has 0 unspecified atom stereocenters. The number of fused-ring (bicyclic) bond motifs is 1. The van der Waals surface area contributed by atoms with Crippen LogP contribution < -0.4 is 11.1 Å². The van der Waals surface area contributed by atoms with E-state index in [9.17, 15) is 9.59 Å². The quantitative estimate of drug-likeness (QED) is 0.611. The number of nitrogens with zero attached hydrogens (tertiary/aromatic N) is 2. The van der Waals surface area contributed by atoms with Crippen molar-refractivity contribution in [3.8, 4) is 0 Å². The molecule has 3 N–H and O–H groups in total. The van der Waals surface area contributed by atoms with E-state index in [0.29, 0.717) is 18.8 Å². The summed E-state index contributed by atoms with van der Waals surface area (Å²) in [5, 5.41) is 2.92. The van der Waals surface area contributed by atoms with Gasteiger partial charge in [0, 0.05) is 18.8 Å². The van der Waals surface area contributed by atoms with Crippen LogP contribution in [0, 0.1) is 0 Å². The molecule has 1 aromatic carbocycles. The van der Waals surface area contributed by atoms with Crippen molar-refractivity contribution in [3.63, 3.8) is 0 Å². The second-order valence-corrected chi connectivity index (χ2v) is 9.40. The number of likely N-dealkylation sites (tertiary alicyclic amines) is 1. The molecule has 0 saturated carbocycles. The Kier molecular flexibility index (Phi) is 5.29. The van der Waals surface area contributed by atoms with Crippen LogP contribution in [-0.4, -0.2) is 52.4 Å². The fourth-order valence-corrected chi connectivity index (χ4v) is 4.35. The summed E-state index contributed by atoms with van der Waals surface area (Å²) >= 11 is 2.92. The van der Waals surface area contributed by atoms with Gasteiger partial charge in [-0.1, -0.05) is 11.8 Å². The van der Waals surface area contributed by atoms with E-state index in [-0.39, 0.29) is 23.8 Å². The first-order valence-electron chi connectivity index (χ1n) is 8.26. The predicted octanol–water partition coefficient (Wildman–Crippen LogP) is 2.71. The van der Waals surface area contributed by atoms with Gasteiger partial charge in [-0.05, 0) is 39.0 Å². The van der Waals surface area contributed by atoms with Gasteiger partial charge >= 0.3 is 6.09 Å². The Morgan fingerprint density at radius 2 is 2.15 bits per heavy atom. The van der Waals surface area contributed by atoms with Gasteiger partial charge in [0.05, 0.1) is 22.0 Å². The van der Waals surface area contributed by atoms with Crippen molar-refractivity contribution in [2.24, 2.45) is 0 Å². The minimum Gasteiger partial charge on any atom is -0.444 e.